The third kappa shape index (κ3) is 5.94. The number of carbonyl (C=O) groups excluding carboxylic acids is 4. The zero-order chi connectivity index (χ0) is 29.4. The molecular formula is C31H46O8. The number of ether oxygens (including phenoxy) is 4. The van der Waals surface area contributed by atoms with Crippen LogP contribution in [0.4, 0.5) is 0 Å². The van der Waals surface area contributed by atoms with Gasteiger partial charge in [0.05, 0.1) is 5.92 Å². The van der Waals surface area contributed by atoms with Crippen LogP contribution in [-0.2, 0) is 38.1 Å². The van der Waals surface area contributed by atoms with Crippen LogP contribution in [0.15, 0.2) is 23.3 Å². The molecule has 3 aliphatic carbocycles. The number of hydrogen-bond acceptors (Lipinski definition) is 8. The maximum absolute atomic E-state index is 13.4. The van der Waals surface area contributed by atoms with Crippen molar-refractivity contribution in [2.75, 3.05) is 0 Å². The largest absolute Gasteiger partial charge is 0.462 e. The Hall–Kier alpha value is -2.64. The zero-order valence-electron chi connectivity index (χ0n) is 25.1. The summed E-state index contributed by atoms with van der Waals surface area (Å²) in [5.41, 5.74) is 1.51. The molecule has 0 aromatic carbocycles. The van der Waals surface area contributed by atoms with Crippen molar-refractivity contribution in [3.05, 3.63) is 23.3 Å². The van der Waals surface area contributed by atoms with E-state index in [1.165, 1.54) is 20.8 Å². The van der Waals surface area contributed by atoms with Crippen LogP contribution in [0.5, 0.6) is 0 Å². The topological polar surface area (TPSA) is 105 Å². The van der Waals surface area contributed by atoms with Crippen LogP contribution >= 0.6 is 0 Å². The van der Waals surface area contributed by atoms with Crippen molar-refractivity contribution in [3.63, 3.8) is 0 Å². The highest BCUT2D eigenvalue weighted by atomic mass is 16.6. The molecule has 0 unspecified atom stereocenters. The van der Waals surface area contributed by atoms with Gasteiger partial charge in [0.2, 0.25) is 0 Å². The van der Waals surface area contributed by atoms with E-state index in [2.05, 4.69) is 27.4 Å². The molecule has 0 aliphatic heterocycles. The van der Waals surface area contributed by atoms with E-state index in [0.29, 0.717) is 18.4 Å². The molecule has 8 heteroatoms. The number of fused-ring (bicyclic) bond motifs is 3. The minimum absolute atomic E-state index is 0.141. The summed E-state index contributed by atoms with van der Waals surface area (Å²) >= 11 is 0. The Morgan fingerprint density at radius 1 is 0.949 bits per heavy atom. The minimum atomic E-state index is -0.836. The van der Waals surface area contributed by atoms with Gasteiger partial charge in [-0.1, -0.05) is 46.8 Å². The molecule has 0 N–H and O–H groups in total. The first-order chi connectivity index (χ1) is 18.0. The molecule has 3 aliphatic rings. The lowest BCUT2D eigenvalue weighted by molar-refractivity contribution is -0.197. The number of hydrogen-bond donors (Lipinski definition) is 0. The third-order valence-corrected chi connectivity index (χ3v) is 9.46. The highest BCUT2D eigenvalue weighted by molar-refractivity contribution is 5.72. The quantitative estimate of drug-likeness (QED) is 0.245. The van der Waals surface area contributed by atoms with Gasteiger partial charge < -0.3 is 18.9 Å². The van der Waals surface area contributed by atoms with E-state index in [4.69, 9.17) is 18.9 Å². The lowest BCUT2D eigenvalue weighted by atomic mass is 9.49. The van der Waals surface area contributed by atoms with Gasteiger partial charge in [-0.2, -0.15) is 0 Å². The van der Waals surface area contributed by atoms with E-state index in [9.17, 15) is 19.2 Å². The predicted octanol–water partition coefficient (Wildman–Crippen LogP) is 5.48. The summed E-state index contributed by atoms with van der Waals surface area (Å²) in [5, 5.41) is 0. The fourth-order valence-electron chi connectivity index (χ4n) is 7.47. The number of esters is 4. The number of allylic oxidation sites excluding steroid dienone is 1. The van der Waals surface area contributed by atoms with E-state index in [1.807, 2.05) is 20.8 Å². The number of rotatable bonds is 6. The molecule has 0 aromatic heterocycles. The van der Waals surface area contributed by atoms with E-state index in [-0.39, 0.29) is 24.2 Å². The maximum Gasteiger partial charge on any atom is 0.308 e. The minimum Gasteiger partial charge on any atom is -0.462 e. The molecule has 0 saturated heterocycles. The second-order valence-electron chi connectivity index (χ2n) is 12.6. The Morgan fingerprint density at radius 2 is 1.51 bits per heavy atom. The van der Waals surface area contributed by atoms with Gasteiger partial charge in [-0.25, -0.2) is 0 Å². The molecule has 39 heavy (non-hydrogen) atoms. The monoisotopic (exact) mass is 546 g/mol. The number of carbonyl (C=O) groups is 4. The van der Waals surface area contributed by atoms with Gasteiger partial charge in [0, 0.05) is 44.4 Å². The van der Waals surface area contributed by atoms with Crippen molar-refractivity contribution < 1.29 is 38.1 Å². The van der Waals surface area contributed by atoms with Gasteiger partial charge in [-0.3, -0.25) is 19.2 Å². The summed E-state index contributed by atoms with van der Waals surface area (Å²) in [5.74, 6) is -2.59. The standard InChI is InChI=1S/C31H46O8/c1-11-16(2)29(35)39-28-22-13-12-17(3)26(30(22,8)9)24(37-20(6)33)15-31(10)25(38-21(7)34)14-23(36-19(5)32)18(4)27(28)31/h16,22-25,27-28H,4,11-15H2,1-3,5-10H3/t16-,22-,23-,24-,25-,27-,28+,31+/m0/s1. The summed E-state index contributed by atoms with van der Waals surface area (Å²) in [4.78, 5) is 50.2. The fraction of sp³-hybridized carbons (Fsp3) is 0.742. The van der Waals surface area contributed by atoms with Gasteiger partial charge >= 0.3 is 23.9 Å². The Morgan fingerprint density at radius 3 is 2.05 bits per heavy atom. The maximum atomic E-state index is 13.4. The van der Waals surface area contributed by atoms with Crippen molar-refractivity contribution >= 4 is 23.9 Å². The molecule has 8 atom stereocenters. The predicted molar refractivity (Wildman–Crippen MR) is 145 cm³/mol. The fourth-order valence-corrected chi connectivity index (χ4v) is 7.47. The van der Waals surface area contributed by atoms with Crippen LogP contribution in [0.25, 0.3) is 0 Å². The lowest BCUT2D eigenvalue weighted by Crippen LogP contribution is -2.61. The van der Waals surface area contributed by atoms with Crippen LogP contribution < -0.4 is 0 Å². The SMILES string of the molecule is C=C1[C@@H](OC(C)=O)C[C@H](OC(C)=O)[C@@]2(C)C[C@H](OC(C)=O)C3=C(C)CC[C@@H]([C@@H](OC(=O)[C@@H](C)CC)[C@H]12)C3(C)C. The second kappa shape index (κ2) is 11.5. The molecule has 2 bridgehead atoms. The Labute approximate surface area is 232 Å². The summed E-state index contributed by atoms with van der Waals surface area (Å²) in [6, 6.07) is 0. The molecule has 0 amide bonds. The molecule has 2 saturated carbocycles. The second-order valence-corrected chi connectivity index (χ2v) is 12.6. The molecule has 218 valence electrons. The Bertz CT molecular complexity index is 1050. The van der Waals surface area contributed by atoms with Crippen LogP contribution in [-0.4, -0.2) is 48.3 Å². The summed E-state index contributed by atoms with van der Waals surface area (Å²) in [7, 11) is 0. The third-order valence-electron chi connectivity index (χ3n) is 9.46. The van der Waals surface area contributed by atoms with E-state index in [1.54, 1.807) is 0 Å². The summed E-state index contributed by atoms with van der Waals surface area (Å²) in [6.07, 6.45) is 0.126. The van der Waals surface area contributed by atoms with Gasteiger partial charge in [-0.05, 0) is 49.2 Å². The van der Waals surface area contributed by atoms with E-state index < -0.39 is 59.1 Å². The van der Waals surface area contributed by atoms with Gasteiger partial charge in [0.15, 0.2) is 0 Å². The smallest absolute Gasteiger partial charge is 0.308 e. The van der Waals surface area contributed by atoms with Crippen molar-refractivity contribution in [1.29, 1.82) is 0 Å². The Balaban J connectivity index is 2.31. The van der Waals surface area contributed by atoms with E-state index in [0.717, 1.165) is 24.0 Å². The van der Waals surface area contributed by atoms with Crippen molar-refractivity contribution in [1.82, 2.24) is 0 Å². The highest BCUT2D eigenvalue weighted by Crippen LogP contribution is 2.60. The molecule has 8 nitrogen and oxygen atoms in total. The highest BCUT2D eigenvalue weighted by Gasteiger charge is 2.62. The first-order valence-corrected chi connectivity index (χ1v) is 14.1. The van der Waals surface area contributed by atoms with Crippen molar-refractivity contribution in [2.45, 2.75) is 119 Å². The molecule has 0 heterocycles. The average molecular weight is 547 g/mol. The van der Waals surface area contributed by atoms with E-state index >= 15 is 0 Å². The van der Waals surface area contributed by atoms with Gasteiger partial charge in [0.25, 0.3) is 0 Å². The Kier molecular flexibility index (Phi) is 9.08. The zero-order valence-corrected chi connectivity index (χ0v) is 25.1. The lowest BCUT2D eigenvalue weighted by Gasteiger charge is -2.59. The molecule has 2 fully saturated rings. The molecule has 0 radical (unpaired) electrons. The van der Waals surface area contributed by atoms with Crippen LogP contribution in [0.3, 0.4) is 0 Å². The van der Waals surface area contributed by atoms with Crippen LogP contribution in [0.2, 0.25) is 0 Å². The first kappa shape index (κ1) is 30.9. The summed E-state index contributed by atoms with van der Waals surface area (Å²) in [6.45, 7) is 20.6. The summed E-state index contributed by atoms with van der Waals surface area (Å²) < 4.78 is 24.1. The van der Waals surface area contributed by atoms with Crippen LogP contribution in [0.1, 0.15) is 94.4 Å². The van der Waals surface area contributed by atoms with Crippen molar-refractivity contribution in [2.24, 2.45) is 28.6 Å². The van der Waals surface area contributed by atoms with Gasteiger partial charge in [-0.15, -0.1) is 0 Å². The first-order valence-electron chi connectivity index (χ1n) is 14.1. The molecule has 0 spiro atoms. The average Bonchev–Trinajstić information content (AvgIpc) is 2.79. The molecule has 0 aromatic rings. The normalized spacial score (nSPS) is 34.5. The molecule has 3 rings (SSSR count). The van der Waals surface area contributed by atoms with Crippen molar-refractivity contribution in [3.8, 4) is 0 Å². The van der Waals surface area contributed by atoms with Gasteiger partial charge in [0.1, 0.15) is 24.4 Å². The van der Waals surface area contributed by atoms with Crippen LogP contribution in [0, 0.1) is 28.6 Å². The molecular weight excluding hydrogens is 500 g/mol.